The van der Waals surface area contributed by atoms with Gasteiger partial charge in [-0.25, -0.2) is 0 Å². The van der Waals surface area contributed by atoms with Crippen molar-refractivity contribution in [2.75, 3.05) is 25.1 Å². The van der Waals surface area contributed by atoms with E-state index in [-0.39, 0.29) is 10.6 Å². The minimum Gasteiger partial charge on any atom is -0.379 e. The summed E-state index contributed by atoms with van der Waals surface area (Å²) in [5, 5.41) is 14.9. The Balaban J connectivity index is 2.10. The first-order valence-electron chi connectivity index (χ1n) is 6.68. The summed E-state index contributed by atoms with van der Waals surface area (Å²) in [7, 11) is 0. The van der Waals surface area contributed by atoms with Gasteiger partial charge in [-0.15, -0.1) is 6.58 Å². The molecule has 0 fully saturated rings. The molecule has 0 aliphatic heterocycles. The smallest absolute Gasteiger partial charge is 0.301 e. The molecular formula is C15H17N3O3. The number of nitrogens with one attached hydrogen (secondary N) is 1. The molecule has 21 heavy (non-hydrogen) atoms. The van der Waals surface area contributed by atoms with Crippen LogP contribution in [0.2, 0.25) is 0 Å². The van der Waals surface area contributed by atoms with E-state index >= 15 is 0 Å². The standard InChI is InChI=1S/C15H17N3O3/c1-2-3-10-21-11-9-17-14-7-6-13-12(5-4-8-16-13)15(14)18(19)20/h2,4-8,17H,1,3,9-11H2. The van der Waals surface area contributed by atoms with Gasteiger partial charge in [-0.05, 0) is 30.7 Å². The molecule has 1 N–H and O–H groups in total. The molecule has 0 bridgehead atoms. The fraction of sp³-hybridized carbons (Fsp3) is 0.267. The van der Waals surface area contributed by atoms with Crippen LogP contribution in [0.5, 0.6) is 0 Å². The summed E-state index contributed by atoms with van der Waals surface area (Å²) in [5.41, 5.74) is 1.14. The van der Waals surface area contributed by atoms with Crippen LogP contribution in [0.3, 0.4) is 0 Å². The van der Waals surface area contributed by atoms with E-state index < -0.39 is 0 Å². The van der Waals surface area contributed by atoms with Crippen LogP contribution in [0.1, 0.15) is 6.42 Å². The van der Waals surface area contributed by atoms with E-state index in [0.29, 0.717) is 36.3 Å². The molecule has 6 heteroatoms. The first-order valence-corrected chi connectivity index (χ1v) is 6.68. The van der Waals surface area contributed by atoms with Crippen molar-refractivity contribution in [3.05, 3.63) is 53.2 Å². The molecule has 1 aromatic heterocycles. The van der Waals surface area contributed by atoms with E-state index in [2.05, 4.69) is 16.9 Å². The number of nitro benzene ring substituents is 1. The normalized spacial score (nSPS) is 10.5. The minimum absolute atomic E-state index is 0.0479. The van der Waals surface area contributed by atoms with Crippen LogP contribution in [0.15, 0.2) is 43.1 Å². The third-order valence-electron chi connectivity index (χ3n) is 2.97. The monoisotopic (exact) mass is 287 g/mol. The summed E-state index contributed by atoms with van der Waals surface area (Å²) in [6.45, 7) is 5.20. The van der Waals surface area contributed by atoms with Gasteiger partial charge in [0.1, 0.15) is 5.69 Å². The molecule has 0 unspecified atom stereocenters. The molecule has 2 rings (SSSR count). The molecule has 110 valence electrons. The number of rotatable bonds is 8. The number of benzene rings is 1. The lowest BCUT2D eigenvalue weighted by Crippen LogP contribution is -2.11. The lowest BCUT2D eigenvalue weighted by Gasteiger charge is -2.09. The molecule has 0 aliphatic carbocycles. The summed E-state index contributed by atoms with van der Waals surface area (Å²) in [6, 6.07) is 6.84. The maximum atomic E-state index is 11.3. The van der Waals surface area contributed by atoms with E-state index in [9.17, 15) is 10.1 Å². The van der Waals surface area contributed by atoms with Crippen LogP contribution in [-0.4, -0.2) is 29.7 Å². The maximum absolute atomic E-state index is 11.3. The van der Waals surface area contributed by atoms with Gasteiger partial charge >= 0.3 is 5.69 Å². The summed E-state index contributed by atoms with van der Waals surface area (Å²) >= 11 is 0. The molecule has 0 aliphatic rings. The highest BCUT2D eigenvalue weighted by Gasteiger charge is 2.18. The summed E-state index contributed by atoms with van der Waals surface area (Å²) in [5.74, 6) is 0. The fourth-order valence-corrected chi connectivity index (χ4v) is 2.00. The highest BCUT2D eigenvalue weighted by atomic mass is 16.6. The molecule has 6 nitrogen and oxygen atoms in total. The highest BCUT2D eigenvalue weighted by Crippen LogP contribution is 2.32. The van der Waals surface area contributed by atoms with E-state index in [1.807, 2.05) is 0 Å². The third kappa shape index (κ3) is 3.76. The summed E-state index contributed by atoms with van der Waals surface area (Å²) in [6.07, 6.45) is 4.20. The topological polar surface area (TPSA) is 77.3 Å². The van der Waals surface area contributed by atoms with Gasteiger partial charge < -0.3 is 10.1 Å². The zero-order chi connectivity index (χ0) is 15.1. The van der Waals surface area contributed by atoms with E-state index in [1.54, 1.807) is 36.5 Å². The Morgan fingerprint density at radius 3 is 3.00 bits per heavy atom. The number of hydrogen-bond acceptors (Lipinski definition) is 5. The Labute approximate surface area is 122 Å². The number of pyridine rings is 1. The van der Waals surface area contributed by atoms with Crippen LogP contribution >= 0.6 is 0 Å². The first-order chi connectivity index (χ1) is 10.2. The van der Waals surface area contributed by atoms with Crippen molar-refractivity contribution in [2.45, 2.75) is 6.42 Å². The van der Waals surface area contributed by atoms with Crippen molar-refractivity contribution in [1.82, 2.24) is 4.98 Å². The van der Waals surface area contributed by atoms with Gasteiger partial charge in [-0.1, -0.05) is 6.08 Å². The van der Waals surface area contributed by atoms with Crippen LogP contribution in [0.4, 0.5) is 11.4 Å². The molecule has 0 spiro atoms. The quantitative estimate of drug-likeness (QED) is 0.349. The van der Waals surface area contributed by atoms with Gasteiger partial charge in [-0.3, -0.25) is 15.1 Å². The second kappa shape index (κ2) is 7.35. The van der Waals surface area contributed by atoms with Gasteiger partial charge in [0, 0.05) is 12.7 Å². The Kier molecular flexibility index (Phi) is 5.22. The second-order valence-electron chi connectivity index (χ2n) is 4.41. The predicted octanol–water partition coefficient (Wildman–Crippen LogP) is 3.15. The summed E-state index contributed by atoms with van der Waals surface area (Å²) in [4.78, 5) is 15.1. The molecule has 0 atom stereocenters. The molecule has 0 saturated carbocycles. The number of aromatic nitrogens is 1. The lowest BCUT2D eigenvalue weighted by molar-refractivity contribution is -0.382. The van der Waals surface area contributed by atoms with Gasteiger partial charge in [0.05, 0.1) is 29.0 Å². The van der Waals surface area contributed by atoms with Crippen molar-refractivity contribution in [2.24, 2.45) is 0 Å². The molecular weight excluding hydrogens is 270 g/mol. The Hall–Kier alpha value is -2.47. The van der Waals surface area contributed by atoms with Crippen LogP contribution in [0, 0.1) is 10.1 Å². The van der Waals surface area contributed by atoms with E-state index in [0.717, 1.165) is 6.42 Å². The molecule has 0 saturated heterocycles. The fourth-order valence-electron chi connectivity index (χ4n) is 2.00. The lowest BCUT2D eigenvalue weighted by atomic mass is 10.1. The van der Waals surface area contributed by atoms with Crippen LogP contribution in [-0.2, 0) is 4.74 Å². The van der Waals surface area contributed by atoms with Crippen molar-refractivity contribution in [1.29, 1.82) is 0 Å². The average Bonchev–Trinajstić information content (AvgIpc) is 2.50. The van der Waals surface area contributed by atoms with Crippen LogP contribution < -0.4 is 5.32 Å². The van der Waals surface area contributed by atoms with Crippen molar-refractivity contribution in [3.63, 3.8) is 0 Å². The number of ether oxygens (including phenoxy) is 1. The molecule has 0 amide bonds. The molecule has 2 aromatic rings. The number of nitro groups is 1. The van der Waals surface area contributed by atoms with E-state index in [4.69, 9.17) is 4.74 Å². The molecule has 1 heterocycles. The van der Waals surface area contributed by atoms with Gasteiger partial charge in [0.25, 0.3) is 0 Å². The van der Waals surface area contributed by atoms with E-state index in [1.165, 1.54) is 0 Å². The number of hydrogen-bond donors (Lipinski definition) is 1. The minimum atomic E-state index is -0.384. The van der Waals surface area contributed by atoms with Crippen molar-refractivity contribution >= 4 is 22.3 Å². The number of fused-ring (bicyclic) bond motifs is 1. The first kappa shape index (κ1) is 14.9. The zero-order valence-corrected chi connectivity index (χ0v) is 11.6. The second-order valence-corrected chi connectivity index (χ2v) is 4.41. The molecule has 1 aromatic carbocycles. The van der Waals surface area contributed by atoms with Crippen molar-refractivity contribution in [3.8, 4) is 0 Å². The van der Waals surface area contributed by atoms with Gasteiger partial charge in [0.15, 0.2) is 0 Å². The Morgan fingerprint density at radius 2 is 2.24 bits per heavy atom. The third-order valence-corrected chi connectivity index (χ3v) is 2.97. The van der Waals surface area contributed by atoms with Crippen molar-refractivity contribution < 1.29 is 9.66 Å². The average molecular weight is 287 g/mol. The number of nitrogens with zero attached hydrogens (tertiary/aromatic N) is 2. The van der Waals surface area contributed by atoms with Gasteiger partial charge in [0.2, 0.25) is 0 Å². The highest BCUT2D eigenvalue weighted by molar-refractivity contribution is 5.94. The number of anilines is 1. The Morgan fingerprint density at radius 1 is 1.38 bits per heavy atom. The summed E-state index contributed by atoms with van der Waals surface area (Å²) < 4.78 is 5.37. The zero-order valence-electron chi connectivity index (χ0n) is 11.6. The van der Waals surface area contributed by atoms with Crippen LogP contribution in [0.25, 0.3) is 10.9 Å². The predicted molar refractivity (Wildman–Crippen MR) is 82.5 cm³/mol. The Bertz CT molecular complexity index is 643. The largest absolute Gasteiger partial charge is 0.379 e. The van der Waals surface area contributed by atoms with Gasteiger partial charge in [-0.2, -0.15) is 0 Å². The maximum Gasteiger partial charge on any atom is 0.301 e. The molecule has 0 radical (unpaired) electrons. The SMILES string of the molecule is C=CCCOCCNc1ccc2ncccc2c1[N+](=O)[O-].